The van der Waals surface area contributed by atoms with Crippen molar-refractivity contribution in [1.29, 1.82) is 0 Å². The van der Waals surface area contributed by atoms with Crippen LogP contribution in [0.15, 0.2) is 6.07 Å². The van der Waals surface area contributed by atoms with Crippen LogP contribution < -0.4 is 10.2 Å². The molecule has 0 aliphatic heterocycles. The fourth-order valence-electron chi connectivity index (χ4n) is 1.66. The van der Waals surface area contributed by atoms with E-state index in [2.05, 4.69) is 15.3 Å². The Balaban J connectivity index is 2.90. The molecule has 0 bridgehead atoms. The van der Waals surface area contributed by atoms with Crippen molar-refractivity contribution in [2.45, 2.75) is 45.7 Å². The third-order valence-corrected chi connectivity index (χ3v) is 2.92. The number of nitrogens with zero attached hydrogens (tertiary/aromatic N) is 3. The predicted octanol–water partition coefficient (Wildman–Crippen LogP) is 3.81. The van der Waals surface area contributed by atoms with E-state index in [-0.39, 0.29) is 12.5 Å². The maximum absolute atomic E-state index is 12.3. The zero-order valence-corrected chi connectivity index (χ0v) is 13.0. The topological polar surface area (TPSA) is 41.0 Å². The maximum Gasteiger partial charge on any atom is 0.390 e. The van der Waals surface area contributed by atoms with Gasteiger partial charge in [-0.15, -0.1) is 0 Å². The fourth-order valence-corrected chi connectivity index (χ4v) is 1.66. The zero-order valence-electron chi connectivity index (χ0n) is 13.0. The molecule has 120 valence electrons. The predicted molar refractivity (Wildman–Crippen MR) is 78.8 cm³/mol. The van der Waals surface area contributed by atoms with Gasteiger partial charge in [0.05, 0.1) is 6.42 Å². The van der Waals surface area contributed by atoms with Gasteiger partial charge in [0.25, 0.3) is 0 Å². The van der Waals surface area contributed by atoms with Crippen LogP contribution in [0.25, 0.3) is 0 Å². The van der Waals surface area contributed by atoms with Gasteiger partial charge in [0.2, 0.25) is 0 Å². The highest BCUT2D eigenvalue weighted by atomic mass is 19.4. The van der Waals surface area contributed by atoms with Gasteiger partial charge in [-0.3, -0.25) is 0 Å². The van der Waals surface area contributed by atoms with Crippen molar-refractivity contribution in [2.75, 3.05) is 30.4 Å². The monoisotopic (exact) mass is 304 g/mol. The Hall–Kier alpha value is -1.53. The minimum absolute atomic E-state index is 0.114. The molecule has 0 aliphatic rings. The van der Waals surface area contributed by atoms with Crippen molar-refractivity contribution in [1.82, 2.24) is 9.97 Å². The Kier molecular flexibility index (Phi) is 6.23. The van der Waals surface area contributed by atoms with Crippen LogP contribution in [0.4, 0.5) is 24.8 Å². The molecule has 0 radical (unpaired) electrons. The lowest BCUT2D eigenvalue weighted by molar-refractivity contribution is -0.132. The first-order chi connectivity index (χ1) is 9.73. The van der Waals surface area contributed by atoms with Gasteiger partial charge in [-0.2, -0.15) is 13.2 Å². The van der Waals surface area contributed by atoms with Crippen LogP contribution in [0.2, 0.25) is 0 Å². The van der Waals surface area contributed by atoms with Gasteiger partial charge in [-0.05, 0) is 6.42 Å². The summed E-state index contributed by atoms with van der Waals surface area (Å²) < 4.78 is 36.9. The molecule has 1 aromatic heterocycles. The fraction of sp³-hybridized carbons (Fsp3) is 0.714. The van der Waals surface area contributed by atoms with Gasteiger partial charge in [-0.25, -0.2) is 9.97 Å². The molecule has 0 unspecified atom stereocenters. The second-order valence-electron chi connectivity index (χ2n) is 5.34. The molecule has 0 fully saturated rings. The van der Waals surface area contributed by atoms with Gasteiger partial charge in [-0.1, -0.05) is 20.8 Å². The largest absolute Gasteiger partial charge is 0.390 e. The van der Waals surface area contributed by atoms with Gasteiger partial charge in [0.1, 0.15) is 17.5 Å². The Labute approximate surface area is 123 Å². The summed E-state index contributed by atoms with van der Waals surface area (Å²) in [5.74, 6) is 1.91. The second-order valence-corrected chi connectivity index (χ2v) is 5.34. The van der Waals surface area contributed by atoms with E-state index >= 15 is 0 Å². The lowest BCUT2D eigenvalue weighted by atomic mass is 10.2. The molecule has 0 aliphatic carbocycles. The smallest absolute Gasteiger partial charge is 0.370 e. The van der Waals surface area contributed by atoms with E-state index in [0.29, 0.717) is 17.5 Å². The number of halogens is 3. The average molecular weight is 304 g/mol. The Morgan fingerprint density at radius 3 is 2.48 bits per heavy atom. The van der Waals surface area contributed by atoms with E-state index < -0.39 is 12.6 Å². The first-order valence-corrected chi connectivity index (χ1v) is 7.13. The Morgan fingerprint density at radius 2 is 1.95 bits per heavy atom. The van der Waals surface area contributed by atoms with E-state index in [1.807, 2.05) is 20.8 Å². The molecule has 0 aromatic carbocycles. The van der Waals surface area contributed by atoms with Gasteiger partial charge in [0.15, 0.2) is 0 Å². The molecule has 4 nitrogen and oxygen atoms in total. The standard InChI is InChI=1S/C14H23F3N4/c1-5-7-18-11-9-12(20-13(19-11)10(2)3)21(4)8-6-14(15,16)17/h9-10H,5-8H2,1-4H3,(H,18,19,20). The SMILES string of the molecule is CCCNc1cc(N(C)CCC(F)(F)F)nc(C(C)C)n1. The summed E-state index contributed by atoms with van der Waals surface area (Å²) in [5.41, 5.74) is 0. The third-order valence-electron chi connectivity index (χ3n) is 2.92. The molecular weight excluding hydrogens is 281 g/mol. The number of alkyl halides is 3. The van der Waals surface area contributed by atoms with Crippen LogP contribution in [0, 0.1) is 0 Å². The van der Waals surface area contributed by atoms with Crippen molar-refractivity contribution < 1.29 is 13.2 Å². The molecule has 1 rings (SSSR count). The molecule has 0 saturated heterocycles. The molecule has 1 heterocycles. The summed E-state index contributed by atoms with van der Waals surface area (Å²) in [6.07, 6.45) is -4.08. The summed E-state index contributed by atoms with van der Waals surface area (Å²) in [4.78, 5) is 10.3. The zero-order chi connectivity index (χ0) is 16.0. The molecular formula is C14H23F3N4. The molecule has 21 heavy (non-hydrogen) atoms. The van der Waals surface area contributed by atoms with E-state index in [9.17, 15) is 13.2 Å². The van der Waals surface area contributed by atoms with Gasteiger partial charge < -0.3 is 10.2 Å². The molecule has 0 saturated carbocycles. The highest BCUT2D eigenvalue weighted by molar-refractivity contribution is 5.49. The minimum Gasteiger partial charge on any atom is -0.370 e. The Bertz CT molecular complexity index is 446. The molecule has 0 spiro atoms. The first kappa shape index (κ1) is 17.5. The van der Waals surface area contributed by atoms with Crippen LogP contribution >= 0.6 is 0 Å². The van der Waals surface area contributed by atoms with Gasteiger partial charge >= 0.3 is 6.18 Å². The summed E-state index contributed by atoms with van der Waals surface area (Å²) in [7, 11) is 1.61. The second kappa shape index (κ2) is 7.47. The third kappa shape index (κ3) is 6.18. The van der Waals surface area contributed by atoms with Crippen LogP contribution in [0.5, 0.6) is 0 Å². The first-order valence-electron chi connectivity index (χ1n) is 7.13. The summed E-state index contributed by atoms with van der Waals surface area (Å²) in [6, 6.07) is 1.69. The van der Waals surface area contributed by atoms with E-state index in [0.717, 1.165) is 13.0 Å². The highest BCUT2D eigenvalue weighted by Gasteiger charge is 2.27. The average Bonchev–Trinajstić information content (AvgIpc) is 2.41. The highest BCUT2D eigenvalue weighted by Crippen LogP contribution is 2.23. The number of anilines is 2. The van der Waals surface area contributed by atoms with Crippen molar-refractivity contribution in [3.05, 3.63) is 11.9 Å². The number of nitrogens with one attached hydrogen (secondary N) is 1. The number of aromatic nitrogens is 2. The van der Waals surface area contributed by atoms with E-state index in [1.54, 1.807) is 13.1 Å². The Morgan fingerprint density at radius 1 is 1.29 bits per heavy atom. The summed E-state index contributed by atoms with van der Waals surface area (Å²) in [6.45, 7) is 6.59. The number of hydrogen-bond acceptors (Lipinski definition) is 4. The summed E-state index contributed by atoms with van der Waals surface area (Å²) in [5, 5.41) is 3.16. The number of hydrogen-bond donors (Lipinski definition) is 1. The van der Waals surface area contributed by atoms with Gasteiger partial charge in [0, 0.05) is 32.1 Å². The van der Waals surface area contributed by atoms with Crippen LogP contribution in [0.1, 0.15) is 45.4 Å². The van der Waals surface area contributed by atoms with Crippen LogP contribution in [-0.2, 0) is 0 Å². The molecule has 0 atom stereocenters. The minimum atomic E-state index is -4.16. The molecule has 0 amide bonds. The lowest BCUT2D eigenvalue weighted by Crippen LogP contribution is -2.25. The van der Waals surface area contributed by atoms with Crippen molar-refractivity contribution in [2.24, 2.45) is 0 Å². The van der Waals surface area contributed by atoms with Crippen molar-refractivity contribution in [3.63, 3.8) is 0 Å². The quantitative estimate of drug-likeness (QED) is 0.831. The molecule has 1 N–H and O–H groups in total. The van der Waals surface area contributed by atoms with Crippen molar-refractivity contribution >= 4 is 11.6 Å². The van der Waals surface area contributed by atoms with Crippen LogP contribution in [-0.4, -0.2) is 36.3 Å². The van der Waals surface area contributed by atoms with E-state index in [4.69, 9.17) is 0 Å². The molecule has 7 heteroatoms. The normalized spacial score (nSPS) is 11.8. The number of rotatable bonds is 7. The maximum atomic E-state index is 12.3. The summed E-state index contributed by atoms with van der Waals surface area (Å²) >= 11 is 0. The van der Waals surface area contributed by atoms with E-state index in [1.165, 1.54) is 4.90 Å². The van der Waals surface area contributed by atoms with Crippen molar-refractivity contribution in [3.8, 4) is 0 Å². The van der Waals surface area contributed by atoms with Crippen LogP contribution in [0.3, 0.4) is 0 Å². The lowest BCUT2D eigenvalue weighted by Gasteiger charge is -2.21. The molecule has 1 aromatic rings.